The Labute approximate surface area is 126 Å². The average molecular weight is 288 g/mol. The first-order valence-corrected chi connectivity index (χ1v) is 7.48. The van der Waals surface area contributed by atoms with Gasteiger partial charge in [0.2, 0.25) is 11.8 Å². The van der Waals surface area contributed by atoms with Crippen molar-refractivity contribution in [1.82, 2.24) is 10.2 Å². The summed E-state index contributed by atoms with van der Waals surface area (Å²) >= 11 is 0. The second-order valence-electron chi connectivity index (χ2n) is 6.12. The second kappa shape index (κ2) is 5.51. The summed E-state index contributed by atoms with van der Waals surface area (Å²) in [5.74, 6) is -0.0788. The van der Waals surface area contributed by atoms with Gasteiger partial charge in [0.15, 0.2) is 0 Å². The van der Waals surface area contributed by atoms with Gasteiger partial charge in [-0.2, -0.15) is 0 Å². The summed E-state index contributed by atoms with van der Waals surface area (Å²) in [5.41, 5.74) is 2.66. The summed E-state index contributed by atoms with van der Waals surface area (Å²) < 4.78 is 0. The van der Waals surface area contributed by atoms with Crippen molar-refractivity contribution in [3.05, 3.63) is 34.9 Å². The van der Waals surface area contributed by atoms with Crippen LogP contribution in [0.3, 0.4) is 0 Å². The van der Waals surface area contributed by atoms with E-state index in [1.807, 2.05) is 45.9 Å². The predicted molar refractivity (Wildman–Crippen MR) is 82.8 cm³/mol. The Morgan fingerprint density at radius 1 is 1.24 bits per heavy atom. The molecule has 1 heterocycles. The number of benzene rings is 1. The maximum Gasteiger partial charge on any atom is 0.246 e. The SMILES string of the molecule is CCC1(C)C(=O)NC(C)C(=O)N1Cc1c(C)cccc1C. The van der Waals surface area contributed by atoms with Crippen LogP contribution >= 0.6 is 0 Å². The quantitative estimate of drug-likeness (QED) is 0.928. The lowest BCUT2D eigenvalue weighted by molar-refractivity contribution is -0.157. The molecule has 2 unspecified atom stereocenters. The van der Waals surface area contributed by atoms with E-state index in [4.69, 9.17) is 0 Å². The fourth-order valence-corrected chi connectivity index (χ4v) is 2.87. The zero-order valence-corrected chi connectivity index (χ0v) is 13.5. The molecule has 2 rings (SSSR count). The first-order chi connectivity index (χ1) is 9.81. The first kappa shape index (κ1) is 15.5. The van der Waals surface area contributed by atoms with Crippen molar-refractivity contribution >= 4 is 11.8 Å². The molecule has 2 atom stereocenters. The molecule has 1 N–H and O–H groups in total. The van der Waals surface area contributed by atoms with Gasteiger partial charge >= 0.3 is 0 Å². The third kappa shape index (κ3) is 2.55. The van der Waals surface area contributed by atoms with Gasteiger partial charge < -0.3 is 10.2 Å². The highest BCUT2D eigenvalue weighted by Crippen LogP contribution is 2.28. The van der Waals surface area contributed by atoms with Gasteiger partial charge in [-0.05, 0) is 50.8 Å². The van der Waals surface area contributed by atoms with E-state index in [0.29, 0.717) is 13.0 Å². The summed E-state index contributed by atoms with van der Waals surface area (Å²) in [6.45, 7) is 10.1. The number of rotatable bonds is 3. The normalized spacial score (nSPS) is 26.0. The Hall–Kier alpha value is -1.84. The maximum atomic E-state index is 12.6. The van der Waals surface area contributed by atoms with Gasteiger partial charge in [-0.15, -0.1) is 0 Å². The number of nitrogens with zero attached hydrogens (tertiary/aromatic N) is 1. The number of amides is 2. The van der Waals surface area contributed by atoms with Crippen molar-refractivity contribution in [3.8, 4) is 0 Å². The van der Waals surface area contributed by atoms with E-state index in [1.54, 1.807) is 11.8 Å². The molecule has 1 saturated heterocycles. The van der Waals surface area contributed by atoms with Crippen LogP contribution in [0.4, 0.5) is 0 Å². The summed E-state index contributed by atoms with van der Waals surface area (Å²) in [7, 11) is 0. The minimum absolute atomic E-state index is 0.0124. The van der Waals surface area contributed by atoms with Crippen LogP contribution in [-0.2, 0) is 16.1 Å². The van der Waals surface area contributed by atoms with E-state index in [0.717, 1.165) is 16.7 Å². The smallest absolute Gasteiger partial charge is 0.246 e. The molecule has 4 nitrogen and oxygen atoms in total. The van der Waals surface area contributed by atoms with Crippen LogP contribution in [0, 0.1) is 13.8 Å². The highest BCUT2D eigenvalue weighted by Gasteiger charge is 2.46. The summed E-state index contributed by atoms with van der Waals surface area (Å²) in [6, 6.07) is 5.65. The van der Waals surface area contributed by atoms with Gasteiger partial charge in [-0.3, -0.25) is 9.59 Å². The molecule has 0 saturated carbocycles. The van der Waals surface area contributed by atoms with E-state index in [2.05, 4.69) is 5.32 Å². The zero-order chi connectivity index (χ0) is 15.8. The maximum absolute atomic E-state index is 12.6. The molecule has 1 aliphatic rings. The van der Waals surface area contributed by atoms with Crippen LogP contribution in [0.2, 0.25) is 0 Å². The van der Waals surface area contributed by atoms with Crippen molar-refractivity contribution in [3.63, 3.8) is 0 Å². The fourth-order valence-electron chi connectivity index (χ4n) is 2.87. The lowest BCUT2D eigenvalue weighted by atomic mass is 9.89. The van der Waals surface area contributed by atoms with Crippen LogP contribution in [0.15, 0.2) is 18.2 Å². The second-order valence-corrected chi connectivity index (χ2v) is 6.12. The molecule has 0 radical (unpaired) electrons. The largest absolute Gasteiger partial charge is 0.343 e. The van der Waals surface area contributed by atoms with E-state index in [1.165, 1.54) is 0 Å². The number of nitrogens with one attached hydrogen (secondary N) is 1. The Morgan fingerprint density at radius 3 is 2.33 bits per heavy atom. The molecular weight excluding hydrogens is 264 g/mol. The number of carbonyl (C=O) groups is 2. The number of carbonyl (C=O) groups excluding carboxylic acids is 2. The topological polar surface area (TPSA) is 49.4 Å². The summed E-state index contributed by atoms with van der Waals surface area (Å²) in [6.07, 6.45) is 0.599. The third-order valence-electron chi connectivity index (χ3n) is 4.72. The number of hydrogen-bond donors (Lipinski definition) is 1. The van der Waals surface area contributed by atoms with Crippen molar-refractivity contribution in [2.45, 2.75) is 59.2 Å². The lowest BCUT2D eigenvalue weighted by Gasteiger charge is -2.45. The third-order valence-corrected chi connectivity index (χ3v) is 4.72. The molecule has 1 aliphatic heterocycles. The van der Waals surface area contributed by atoms with E-state index >= 15 is 0 Å². The molecule has 0 aliphatic carbocycles. The van der Waals surface area contributed by atoms with Gasteiger partial charge in [0.25, 0.3) is 0 Å². The van der Waals surface area contributed by atoms with Gasteiger partial charge in [0.05, 0.1) is 0 Å². The Bertz CT molecular complexity index is 562. The number of aryl methyl sites for hydroxylation is 2. The molecule has 0 spiro atoms. The van der Waals surface area contributed by atoms with Gasteiger partial charge in [0.1, 0.15) is 11.6 Å². The number of piperazine rings is 1. The highest BCUT2D eigenvalue weighted by molar-refractivity contribution is 5.99. The molecule has 1 fully saturated rings. The van der Waals surface area contributed by atoms with E-state index in [9.17, 15) is 9.59 Å². The van der Waals surface area contributed by atoms with Crippen LogP contribution in [0.5, 0.6) is 0 Å². The highest BCUT2D eigenvalue weighted by atomic mass is 16.2. The number of hydrogen-bond acceptors (Lipinski definition) is 2. The van der Waals surface area contributed by atoms with Crippen molar-refractivity contribution < 1.29 is 9.59 Å². The van der Waals surface area contributed by atoms with E-state index in [-0.39, 0.29) is 11.8 Å². The molecular formula is C17H24N2O2. The minimum Gasteiger partial charge on any atom is -0.343 e. The van der Waals surface area contributed by atoms with Gasteiger partial charge in [-0.25, -0.2) is 0 Å². The molecule has 4 heteroatoms. The van der Waals surface area contributed by atoms with E-state index < -0.39 is 11.6 Å². The van der Waals surface area contributed by atoms with Crippen LogP contribution in [0.1, 0.15) is 43.9 Å². The average Bonchev–Trinajstić information content (AvgIpc) is 2.44. The predicted octanol–water partition coefficient (Wildman–Crippen LogP) is 2.32. The Morgan fingerprint density at radius 2 is 1.81 bits per heavy atom. The van der Waals surface area contributed by atoms with Crippen molar-refractivity contribution in [2.24, 2.45) is 0 Å². The molecule has 0 aromatic heterocycles. The Kier molecular flexibility index (Phi) is 4.08. The molecule has 114 valence electrons. The fraction of sp³-hybridized carbons (Fsp3) is 0.529. The van der Waals surface area contributed by atoms with Gasteiger partial charge in [-0.1, -0.05) is 25.1 Å². The molecule has 2 amide bonds. The van der Waals surface area contributed by atoms with Gasteiger partial charge in [0, 0.05) is 6.54 Å². The van der Waals surface area contributed by atoms with Crippen molar-refractivity contribution in [1.29, 1.82) is 0 Å². The molecule has 0 bridgehead atoms. The van der Waals surface area contributed by atoms with Crippen molar-refractivity contribution in [2.75, 3.05) is 0 Å². The Balaban J connectivity index is 2.43. The van der Waals surface area contributed by atoms with Crippen LogP contribution < -0.4 is 5.32 Å². The zero-order valence-electron chi connectivity index (χ0n) is 13.5. The van der Waals surface area contributed by atoms with Crippen LogP contribution in [0.25, 0.3) is 0 Å². The standard InChI is InChI=1S/C17H24N2O2/c1-6-17(5)16(21)18-13(4)15(20)19(17)10-14-11(2)8-7-9-12(14)3/h7-9,13H,6,10H2,1-5H3,(H,18,21). The lowest BCUT2D eigenvalue weighted by Crippen LogP contribution is -2.68. The first-order valence-electron chi connectivity index (χ1n) is 7.48. The summed E-state index contributed by atoms with van der Waals surface area (Å²) in [5, 5.41) is 2.79. The monoisotopic (exact) mass is 288 g/mol. The molecule has 21 heavy (non-hydrogen) atoms. The van der Waals surface area contributed by atoms with Crippen LogP contribution in [-0.4, -0.2) is 28.3 Å². The minimum atomic E-state index is -0.779. The summed E-state index contributed by atoms with van der Waals surface area (Å²) in [4.78, 5) is 26.7. The molecule has 1 aromatic carbocycles. The molecule has 1 aromatic rings.